The molecule has 1 atom stereocenters. The summed E-state index contributed by atoms with van der Waals surface area (Å²) in [5, 5.41) is 0. The van der Waals surface area contributed by atoms with Gasteiger partial charge in [-0.1, -0.05) is 0 Å². The number of hydrogen-bond donors (Lipinski definition) is 0. The van der Waals surface area contributed by atoms with E-state index in [-0.39, 0.29) is 11.9 Å². The molecule has 2 aliphatic rings. The zero-order valence-electron chi connectivity index (χ0n) is 11.6. The second kappa shape index (κ2) is 4.94. The number of carbonyl (C=O) groups is 1. The van der Waals surface area contributed by atoms with Crippen molar-refractivity contribution in [2.45, 2.75) is 12.5 Å². The molecular weight excluding hydrogens is 240 g/mol. The summed E-state index contributed by atoms with van der Waals surface area (Å²) < 4.78 is 5.24. The van der Waals surface area contributed by atoms with Gasteiger partial charge in [0.05, 0.1) is 0 Å². The predicted octanol–water partition coefficient (Wildman–Crippen LogP) is 1.19. The fourth-order valence-electron chi connectivity index (χ4n) is 2.91. The van der Waals surface area contributed by atoms with E-state index in [1.165, 1.54) is 5.69 Å². The molecule has 4 nitrogen and oxygen atoms in total. The first-order valence-electron chi connectivity index (χ1n) is 6.82. The number of likely N-dealkylation sites (N-methyl/N-ethyl adjacent to an activating group) is 1. The largest absolute Gasteiger partial charge is 0.373 e. The van der Waals surface area contributed by atoms with Crippen molar-refractivity contribution in [3.05, 3.63) is 29.3 Å². The van der Waals surface area contributed by atoms with Crippen molar-refractivity contribution < 1.29 is 9.53 Å². The first-order chi connectivity index (χ1) is 9.19. The molecule has 0 bridgehead atoms. The van der Waals surface area contributed by atoms with Gasteiger partial charge >= 0.3 is 0 Å². The summed E-state index contributed by atoms with van der Waals surface area (Å²) in [5.74, 6) is 0.127. The molecule has 102 valence electrons. The molecule has 0 amide bonds. The van der Waals surface area contributed by atoms with Gasteiger partial charge in [0, 0.05) is 51.0 Å². The minimum atomic E-state index is -0.280. The Bertz CT molecular complexity index is 493. The van der Waals surface area contributed by atoms with Gasteiger partial charge in [-0.25, -0.2) is 0 Å². The summed E-state index contributed by atoms with van der Waals surface area (Å²) in [6, 6.07) is 6.20. The molecule has 19 heavy (non-hydrogen) atoms. The fourth-order valence-corrected chi connectivity index (χ4v) is 2.91. The molecule has 1 aromatic rings. The van der Waals surface area contributed by atoms with Crippen molar-refractivity contribution >= 4 is 11.5 Å². The monoisotopic (exact) mass is 260 g/mol. The van der Waals surface area contributed by atoms with Crippen LogP contribution in [0.15, 0.2) is 18.2 Å². The third kappa shape index (κ3) is 2.26. The van der Waals surface area contributed by atoms with E-state index in [4.69, 9.17) is 4.74 Å². The van der Waals surface area contributed by atoms with E-state index in [9.17, 15) is 4.79 Å². The average molecular weight is 260 g/mol. The van der Waals surface area contributed by atoms with Gasteiger partial charge in [-0.3, -0.25) is 4.79 Å². The maximum Gasteiger partial charge on any atom is 0.192 e. The van der Waals surface area contributed by atoms with Gasteiger partial charge in [0.15, 0.2) is 5.78 Å². The number of Topliss-reactive ketones (excluding diaryl/α,β-unsaturated/α-hetero) is 1. The first-order valence-corrected chi connectivity index (χ1v) is 6.82. The number of hydrogen-bond acceptors (Lipinski definition) is 4. The lowest BCUT2D eigenvalue weighted by atomic mass is 10.1. The van der Waals surface area contributed by atoms with Crippen LogP contribution in [0.1, 0.15) is 15.9 Å². The number of benzene rings is 1. The minimum absolute atomic E-state index is 0.127. The van der Waals surface area contributed by atoms with E-state index < -0.39 is 0 Å². The zero-order valence-corrected chi connectivity index (χ0v) is 11.6. The van der Waals surface area contributed by atoms with Crippen LogP contribution >= 0.6 is 0 Å². The molecule has 0 N–H and O–H groups in total. The maximum absolute atomic E-state index is 12.0. The van der Waals surface area contributed by atoms with Gasteiger partial charge < -0.3 is 14.5 Å². The summed E-state index contributed by atoms with van der Waals surface area (Å²) >= 11 is 0. The van der Waals surface area contributed by atoms with Gasteiger partial charge in [-0.2, -0.15) is 0 Å². The van der Waals surface area contributed by atoms with Crippen LogP contribution in [0.5, 0.6) is 0 Å². The van der Waals surface area contributed by atoms with Gasteiger partial charge in [0.1, 0.15) is 6.10 Å². The highest BCUT2D eigenvalue weighted by Crippen LogP contribution is 2.28. The zero-order chi connectivity index (χ0) is 13.4. The molecule has 0 spiro atoms. The molecule has 4 heteroatoms. The van der Waals surface area contributed by atoms with Crippen LogP contribution in [0.3, 0.4) is 0 Å². The van der Waals surface area contributed by atoms with E-state index >= 15 is 0 Å². The van der Waals surface area contributed by atoms with Crippen molar-refractivity contribution in [2.75, 3.05) is 45.2 Å². The Hall–Kier alpha value is -1.39. The predicted molar refractivity (Wildman–Crippen MR) is 75.0 cm³/mol. The van der Waals surface area contributed by atoms with Crippen LogP contribution in [0, 0.1) is 0 Å². The lowest BCUT2D eigenvalue weighted by Gasteiger charge is -2.34. The van der Waals surface area contributed by atoms with E-state index in [2.05, 4.69) is 29.0 Å². The van der Waals surface area contributed by atoms with Gasteiger partial charge in [-0.05, 0) is 30.8 Å². The number of piperazine rings is 1. The van der Waals surface area contributed by atoms with E-state index in [0.717, 1.165) is 37.3 Å². The Morgan fingerprint density at radius 2 is 1.95 bits per heavy atom. The van der Waals surface area contributed by atoms with Gasteiger partial charge in [0.25, 0.3) is 0 Å². The Morgan fingerprint density at radius 3 is 2.63 bits per heavy atom. The lowest BCUT2D eigenvalue weighted by molar-refractivity contribution is 0.0646. The number of ether oxygens (including phenoxy) is 1. The normalized spacial score (nSPS) is 23.8. The molecule has 0 radical (unpaired) electrons. The summed E-state index contributed by atoms with van der Waals surface area (Å²) in [5.41, 5.74) is 3.20. The molecule has 3 rings (SSSR count). The topological polar surface area (TPSA) is 32.8 Å². The Labute approximate surface area is 113 Å². The standard InChI is InChI=1S/C15H20N2O2/c1-16-5-7-17(8-6-16)12-3-4-13-11(9-12)10-14(19-2)15(13)18/h3-4,9,14H,5-8,10H2,1-2H3. The van der Waals surface area contributed by atoms with Crippen LogP contribution in [0.25, 0.3) is 0 Å². The number of rotatable bonds is 2. The van der Waals surface area contributed by atoms with Crippen LogP contribution in [-0.4, -0.2) is 57.1 Å². The Balaban J connectivity index is 1.82. The SMILES string of the molecule is COC1Cc2cc(N3CCN(C)CC3)ccc2C1=O. The van der Waals surface area contributed by atoms with Gasteiger partial charge in [0.2, 0.25) is 0 Å². The fraction of sp³-hybridized carbons (Fsp3) is 0.533. The highest BCUT2D eigenvalue weighted by Gasteiger charge is 2.30. The van der Waals surface area contributed by atoms with Gasteiger partial charge in [-0.15, -0.1) is 0 Å². The second-order valence-electron chi connectivity index (χ2n) is 5.42. The summed E-state index contributed by atoms with van der Waals surface area (Å²) in [6.45, 7) is 4.29. The molecular formula is C15H20N2O2. The molecule has 1 heterocycles. The van der Waals surface area contributed by atoms with Crippen LogP contribution < -0.4 is 4.90 Å². The molecule has 1 aromatic carbocycles. The number of fused-ring (bicyclic) bond motifs is 1. The molecule has 1 fully saturated rings. The highest BCUT2D eigenvalue weighted by atomic mass is 16.5. The number of anilines is 1. The van der Waals surface area contributed by atoms with Crippen molar-refractivity contribution in [2.24, 2.45) is 0 Å². The Kier molecular flexibility index (Phi) is 3.29. The van der Waals surface area contributed by atoms with Crippen molar-refractivity contribution in [1.29, 1.82) is 0 Å². The van der Waals surface area contributed by atoms with E-state index in [1.807, 2.05) is 6.07 Å². The molecule has 1 unspecified atom stereocenters. The third-order valence-corrected chi connectivity index (χ3v) is 4.20. The highest BCUT2D eigenvalue weighted by molar-refractivity contribution is 6.04. The first kappa shape index (κ1) is 12.6. The second-order valence-corrected chi connectivity index (χ2v) is 5.42. The van der Waals surface area contributed by atoms with Crippen LogP contribution in [-0.2, 0) is 11.2 Å². The number of carbonyl (C=O) groups excluding carboxylic acids is 1. The molecule has 1 aliphatic carbocycles. The minimum Gasteiger partial charge on any atom is -0.373 e. The quantitative estimate of drug-likeness (QED) is 0.800. The third-order valence-electron chi connectivity index (χ3n) is 4.20. The van der Waals surface area contributed by atoms with Crippen LogP contribution in [0.2, 0.25) is 0 Å². The smallest absolute Gasteiger partial charge is 0.192 e. The number of ketones is 1. The lowest BCUT2D eigenvalue weighted by Crippen LogP contribution is -2.44. The number of methoxy groups -OCH3 is 1. The molecule has 1 saturated heterocycles. The average Bonchev–Trinajstić information content (AvgIpc) is 2.76. The van der Waals surface area contributed by atoms with Crippen molar-refractivity contribution in [3.8, 4) is 0 Å². The molecule has 0 aromatic heterocycles. The van der Waals surface area contributed by atoms with Crippen molar-refractivity contribution in [1.82, 2.24) is 4.90 Å². The van der Waals surface area contributed by atoms with Crippen molar-refractivity contribution in [3.63, 3.8) is 0 Å². The van der Waals surface area contributed by atoms with E-state index in [0.29, 0.717) is 6.42 Å². The van der Waals surface area contributed by atoms with E-state index in [1.54, 1.807) is 7.11 Å². The molecule has 1 aliphatic heterocycles. The number of nitrogens with zero attached hydrogens (tertiary/aromatic N) is 2. The molecule has 0 saturated carbocycles. The maximum atomic E-state index is 12.0. The summed E-state index contributed by atoms with van der Waals surface area (Å²) in [7, 11) is 3.76. The summed E-state index contributed by atoms with van der Waals surface area (Å²) in [4.78, 5) is 16.7. The summed E-state index contributed by atoms with van der Waals surface area (Å²) in [6.07, 6.45) is 0.435. The Morgan fingerprint density at radius 1 is 1.21 bits per heavy atom. The van der Waals surface area contributed by atoms with Crippen LogP contribution in [0.4, 0.5) is 5.69 Å².